The van der Waals surface area contributed by atoms with Gasteiger partial charge in [0.1, 0.15) is 17.3 Å². The SMILES string of the molecule is CC1(C)O[C@@]2(C)[C@@H](CC(=O)O)O[C@H](CN=[N+]=[N-])[C@@]2(C)O1. The molecule has 8 nitrogen and oxygen atoms in total. The number of rotatable bonds is 4. The summed E-state index contributed by atoms with van der Waals surface area (Å²) in [5.74, 6) is -1.82. The van der Waals surface area contributed by atoms with Crippen LogP contribution in [0.3, 0.4) is 0 Å². The molecular weight excluding hydrogens is 266 g/mol. The minimum absolute atomic E-state index is 0.0676. The van der Waals surface area contributed by atoms with Crippen molar-refractivity contribution in [3.05, 3.63) is 10.4 Å². The lowest BCUT2D eigenvalue weighted by Gasteiger charge is -2.33. The first-order chi connectivity index (χ1) is 9.14. The molecule has 4 atom stereocenters. The zero-order valence-corrected chi connectivity index (χ0v) is 12.0. The Kier molecular flexibility index (Phi) is 3.46. The van der Waals surface area contributed by atoms with Crippen LogP contribution in [0.25, 0.3) is 10.4 Å². The zero-order chi connectivity index (χ0) is 15.2. The summed E-state index contributed by atoms with van der Waals surface area (Å²) in [4.78, 5) is 13.7. The Bertz CT molecular complexity index is 450. The van der Waals surface area contributed by atoms with E-state index in [0.29, 0.717) is 0 Å². The molecule has 0 radical (unpaired) electrons. The van der Waals surface area contributed by atoms with Crippen LogP contribution in [0.1, 0.15) is 34.1 Å². The molecule has 2 rings (SSSR count). The van der Waals surface area contributed by atoms with E-state index >= 15 is 0 Å². The summed E-state index contributed by atoms with van der Waals surface area (Å²) >= 11 is 0. The first kappa shape index (κ1) is 15.1. The number of hydrogen-bond donors (Lipinski definition) is 1. The van der Waals surface area contributed by atoms with Gasteiger partial charge in [0.25, 0.3) is 0 Å². The van der Waals surface area contributed by atoms with E-state index in [0.717, 1.165) is 0 Å². The van der Waals surface area contributed by atoms with Crippen LogP contribution in [-0.2, 0) is 19.0 Å². The van der Waals surface area contributed by atoms with Crippen LogP contribution >= 0.6 is 0 Å². The zero-order valence-electron chi connectivity index (χ0n) is 12.0. The number of azide groups is 1. The second-order valence-corrected chi connectivity index (χ2v) is 5.94. The number of aliphatic carboxylic acids is 1. The molecule has 0 saturated carbocycles. The van der Waals surface area contributed by atoms with Gasteiger partial charge in [0.15, 0.2) is 5.79 Å². The van der Waals surface area contributed by atoms with Gasteiger partial charge in [-0.25, -0.2) is 0 Å². The molecular formula is C12H19N3O5. The fourth-order valence-corrected chi connectivity index (χ4v) is 3.20. The van der Waals surface area contributed by atoms with Crippen molar-refractivity contribution in [2.75, 3.05) is 6.54 Å². The molecule has 0 bridgehead atoms. The second kappa shape index (κ2) is 4.60. The van der Waals surface area contributed by atoms with Crippen molar-refractivity contribution in [1.82, 2.24) is 0 Å². The van der Waals surface area contributed by atoms with Crippen molar-refractivity contribution in [3.63, 3.8) is 0 Å². The second-order valence-electron chi connectivity index (χ2n) is 5.94. The average molecular weight is 285 g/mol. The van der Waals surface area contributed by atoms with Crippen LogP contribution in [0.15, 0.2) is 5.11 Å². The van der Waals surface area contributed by atoms with E-state index in [9.17, 15) is 4.79 Å². The lowest BCUT2D eigenvalue weighted by Crippen LogP contribution is -2.53. The van der Waals surface area contributed by atoms with Crippen molar-refractivity contribution >= 4 is 5.97 Å². The smallest absolute Gasteiger partial charge is 0.306 e. The number of fused-ring (bicyclic) bond motifs is 1. The largest absolute Gasteiger partial charge is 0.481 e. The molecule has 2 heterocycles. The molecule has 0 aromatic carbocycles. The number of carbonyl (C=O) groups is 1. The normalized spacial score (nSPS) is 42.0. The van der Waals surface area contributed by atoms with E-state index in [1.807, 2.05) is 0 Å². The van der Waals surface area contributed by atoms with Crippen LogP contribution in [-0.4, -0.2) is 46.8 Å². The number of ether oxygens (including phenoxy) is 3. The van der Waals surface area contributed by atoms with E-state index in [4.69, 9.17) is 24.8 Å². The van der Waals surface area contributed by atoms with Crippen LogP contribution in [0, 0.1) is 0 Å². The van der Waals surface area contributed by atoms with Crippen LogP contribution in [0.2, 0.25) is 0 Å². The number of hydrogen-bond acceptors (Lipinski definition) is 5. The lowest BCUT2D eigenvalue weighted by atomic mass is 9.80. The predicted octanol–water partition coefficient (Wildman–Crippen LogP) is 1.84. The molecule has 2 fully saturated rings. The number of carboxylic acids is 1. The number of nitrogens with zero attached hydrogens (tertiary/aromatic N) is 3. The third-order valence-electron chi connectivity index (χ3n) is 4.13. The summed E-state index contributed by atoms with van der Waals surface area (Å²) in [6.45, 7) is 7.19. The maximum absolute atomic E-state index is 11.0. The Morgan fingerprint density at radius 3 is 2.30 bits per heavy atom. The molecule has 0 spiro atoms. The topological polar surface area (TPSA) is 114 Å². The molecule has 2 aliphatic rings. The molecule has 0 aromatic rings. The molecule has 8 heteroatoms. The molecule has 0 unspecified atom stereocenters. The van der Waals surface area contributed by atoms with Gasteiger partial charge < -0.3 is 19.3 Å². The first-order valence-corrected chi connectivity index (χ1v) is 6.43. The highest BCUT2D eigenvalue weighted by molar-refractivity contribution is 5.67. The Labute approximate surface area is 116 Å². The van der Waals surface area contributed by atoms with E-state index in [-0.39, 0.29) is 13.0 Å². The van der Waals surface area contributed by atoms with Crippen molar-refractivity contribution in [2.24, 2.45) is 5.11 Å². The Balaban J connectivity index is 2.36. The highest BCUT2D eigenvalue weighted by Gasteiger charge is 2.70. The third kappa shape index (κ3) is 2.14. The first-order valence-electron chi connectivity index (χ1n) is 6.43. The maximum Gasteiger partial charge on any atom is 0.306 e. The number of carboxylic acid groups (broad SMARTS) is 1. The van der Waals surface area contributed by atoms with Gasteiger partial charge in [-0.3, -0.25) is 4.79 Å². The van der Waals surface area contributed by atoms with E-state index in [2.05, 4.69) is 10.0 Å². The monoisotopic (exact) mass is 285 g/mol. The third-order valence-corrected chi connectivity index (χ3v) is 4.13. The fraction of sp³-hybridized carbons (Fsp3) is 0.917. The molecule has 2 saturated heterocycles. The quantitative estimate of drug-likeness (QED) is 0.481. The van der Waals surface area contributed by atoms with E-state index in [1.54, 1.807) is 27.7 Å². The predicted molar refractivity (Wildman–Crippen MR) is 68.0 cm³/mol. The van der Waals surface area contributed by atoms with Gasteiger partial charge >= 0.3 is 5.97 Å². The summed E-state index contributed by atoms with van der Waals surface area (Å²) in [5.41, 5.74) is 6.68. The van der Waals surface area contributed by atoms with Gasteiger partial charge in [-0.1, -0.05) is 5.11 Å². The average Bonchev–Trinajstić information content (AvgIpc) is 2.59. The van der Waals surface area contributed by atoms with Gasteiger partial charge in [0, 0.05) is 4.91 Å². The van der Waals surface area contributed by atoms with Crippen LogP contribution < -0.4 is 0 Å². The summed E-state index contributed by atoms with van der Waals surface area (Å²) in [7, 11) is 0. The standard InChI is InChI=1S/C12H19N3O5/c1-10(2)19-11(3)7(5-9(16)17)18-8(6-14-15-13)12(11,4)20-10/h7-8H,5-6H2,1-4H3,(H,16,17)/t7-,8-,11+,12-/m1/s1. The minimum atomic E-state index is -0.976. The van der Waals surface area contributed by atoms with Gasteiger partial charge in [-0.05, 0) is 33.2 Å². The summed E-state index contributed by atoms with van der Waals surface area (Å²) in [6, 6.07) is 0. The van der Waals surface area contributed by atoms with E-state index in [1.165, 1.54) is 0 Å². The van der Waals surface area contributed by atoms with Gasteiger partial charge in [-0.15, -0.1) is 0 Å². The highest BCUT2D eigenvalue weighted by atomic mass is 16.8. The fourth-order valence-electron chi connectivity index (χ4n) is 3.20. The molecule has 0 aliphatic carbocycles. The maximum atomic E-state index is 11.0. The molecule has 112 valence electrons. The molecule has 2 aliphatic heterocycles. The van der Waals surface area contributed by atoms with Gasteiger partial charge in [-0.2, -0.15) is 0 Å². The molecule has 0 amide bonds. The summed E-state index contributed by atoms with van der Waals surface area (Å²) in [5, 5.41) is 12.6. The Morgan fingerprint density at radius 1 is 1.25 bits per heavy atom. The molecule has 0 aromatic heterocycles. The van der Waals surface area contributed by atoms with Crippen LogP contribution in [0.4, 0.5) is 0 Å². The van der Waals surface area contributed by atoms with Crippen LogP contribution in [0.5, 0.6) is 0 Å². The molecule has 20 heavy (non-hydrogen) atoms. The highest BCUT2D eigenvalue weighted by Crippen LogP contribution is 2.54. The van der Waals surface area contributed by atoms with Crippen molar-refractivity contribution < 1.29 is 24.1 Å². The van der Waals surface area contributed by atoms with Crippen molar-refractivity contribution in [3.8, 4) is 0 Å². The van der Waals surface area contributed by atoms with Crippen molar-refractivity contribution in [2.45, 2.75) is 63.3 Å². The summed E-state index contributed by atoms with van der Waals surface area (Å²) < 4.78 is 17.6. The van der Waals surface area contributed by atoms with Gasteiger partial charge in [0.05, 0.1) is 19.1 Å². The minimum Gasteiger partial charge on any atom is -0.481 e. The van der Waals surface area contributed by atoms with Crippen molar-refractivity contribution in [1.29, 1.82) is 0 Å². The summed E-state index contributed by atoms with van der Waals surface area (Å²) in [6.07, 6.45) is -1.40. The Morgan fingerprint density at radius 2 is 1.80 bits per heavy atom. The molecule has 1 N–H and O–H groups in total. The Hall–Kier alpha value is -1.34. The van der Waals surface area contributed by atoms with E-state index < -0.39 is 35.2 Å². The lowest BCUT2D eigenvalue weighted by molar-refractivity contribution is -0.212. The van der Waals surface area contributed by atoms with Gasteiger partial charge in [0.2, 0.25) is 0 Å².